The van der Waals surface area contributed by atoms with Crippen LogP contribution in [-0.2, 0) is 4.79 Å². The first-order valence-corrected chi connectivity index (χ1v) is 7.28. The average Bonchev–Trinajstić information content (AvgIpc) is 2.74. The summed E-state index contributed by atoms with van der Waals surface area (Å²) in [7, 11) is 0. The number of thioether (sulfide) groups is 1. The number of benzene rings is 1. The fourth-order valence-electron chi connectivity index (χ4n) is 1.93. The summed E-state index contributed by atoms with van der Waals surface area (Å²) in [6.07, 6.45) is 1.78. The van der Waals surface area contributed by atoms with E-state index in [2.05, 4.69) is 43.6 Å². The number of nitrogens with zero attached hydrogens (tertiary/aromatic N) is 1. The maximum atomic E-state index is 11.6. The second-order valence-corrected chi connectivity index (χ2v) is 6.00. The number of fused-ring (bicyclic) bond motifs is 1. The number of hydrogen-bond donors (Lipinski definition) is 2. The van der Waals surface area contributed by atoms with Gasteiger partial charge in [-0.05, 0) is 17.7 Å². The molecule has 6 heteroatoms. The van der Waals surface area contributed by atoms with E-state index in [0.29, 0.717) is 11.6 Å². The van der Waals surface area contributed by atoms with E-state index < -0.39 is 0 Å². The van der Waals surface area contributed by atoms with E-state index in [0.717, 1.165) is 10.0 Å². The molecule has 2 heterocycles. The van der Waals surface area contributed by atoms with Crippen LogP contribution in [0.3, 0.4) is 0 Å². The molecule has 4 nitrogen and oxygen atoms in total. The Hall–Kier alpha value is -1.27. The number of anilines is 1. The fourth-order valence-corrected chi connectivity index (χ4v) is 3.29. The van der Waals surface area contributed by atoms with Crippen LogP contribution in [0.4, 0.5) is 5.82 Å². The van der Waals surface area contributed by atoms with Crippen molar-refractivity contribution in [2.75, 3.05) is 11.1 Å². The van der Waals surface area contributed by atoms with Crippen molar-refractivity contribution in [2.45, 2.75) is 5.25 Å². The van der Waals surface area contributed by atoms with E-state index >= 15 is 0 Å². The van der Waals surface area contributed by atoms with Crippen molar-refractivity contribution in [1.82, 2.24) is 10.2 Å². The Kier molecular flexibility index (Phi) is 3.13. The van der Waals surface area contributed by atoms with Gasteiger partial charge in [-0.25, -0.2) is 0 Å². The number of carbonyl (C=O) groups excluding carboxylic acids is 1. The molecule has 0 spiro atoms. The number of halogens is 1. The number of rotatable bonds is 1. The summed E-state index contributed by atoms with van der Waals surface area (Å²) in [5.74, 6) is 1.16. The van der Waals surface area contributed by atoms with Crippen LogP contribution in [0, 0.1) is 0 Å². The molecule has 1 aromatic carbocycles. The lowest BCUT2D eigenvalue weighted by Crippen LogP contribution is -2.12. The van der Waals surface area contributed by atoms with Crippen LogP contribution >= 0.6 is 27.7 Å². The minimum atomic E-state index is 0.00473. The topological polar surface area (TPSA) is 57.8 Å². The molecule has 1 aliphatic rings. The molecular formula is C12H10BrN3OS. The summed E-state index contributed by atoms with van der Waals surface area (Å²) in [6.45, 7) is 0. The minimum Gasteiger partial charge on any atom is -0.310 e. The first-order valence-electron chi connectivity index (χ1n) is 5.44. The highest BCUT2D eigenvalue weighted by molar-refractivity contribution is 9.10. The molecule has 0 aliphatic carbocycles. The number of amides is 1. The molecule has 2 N–H and O–H groups in total. The van der Waals surface area contributed by atoms with Gasteiger partial charge in [-0.2, -0.15) is 5.10 Å². The van der Waals surface area contributed by atoms with Crippen LogP contribution < -0.4 is 5.32 Å². The molecule has 1 atom stereocenters. The molecule has 0 radical (unpaired) electrons. The van der Waals surface area contributed by atoms with Crippen LogP contribution in [0.2, 0.25) is 0 Å². The molecule has 1 amide bonds. The zero-order valence-electron chi connectivity index (χ0n) is 9.31. The lowest BCUT2D eigenvalue weighted by atomic mass is 10.1. The minimum absolute atomic E-state index is 0.00473. The molecule has 3 rings (SSSR count). The maximum Gasteiger partial charge on any atom is 0.235 e. The second-order valence-electron chi connectivity index (χ2n) is 3.99. The Morgan fingerprint density at radius 2 is 2.11 bits per heavy atom. The smallest absolute Gasteiger partial charge is 0.235 e. The first-order chi connectivity index (χ1) is 8.74. The molecule has 92 valence electrons. The van der Waals surface area contributed by atoms with Crippen LogP contribution in [0.15, 0.2) is 34.9 Å². The van der Waals surface area contributed by atoms with Crippen molar-refractivity contribution in [3.63, 3.8) is 0 Å². The van der Waals surface area contributed by atoms with Crippen LogP contribution in [0.25, 0.3) is 0 Å². The highest BCUT2D eigenvalue weighted by Crippen LogP contribution is 2.40. The summed E-state index contributed by atoms with van der Waals surface area (Å²) < 4.78 is 1.05. The predicted octanol–water partition coefficient (Wildman–Crippen LogP) is 2.95. The Labute approximate surface area is 117 Å². The van der Waals surface area contributed by atoms with Crippen molar-refractivity contribution in [2.24, 2.45) is 0 Å². The Balaban J connectivity index is 2.02. The molecule has 1 aliphatic heterocycles. The lowest BCUT2D eigenvalue weighted by molar-refractivity contribution is -0.113. The SMILES string of the molecule is O=C1CSC(c2ccc(Br)cc2)c2cn[nH]c2N1. The van der Waals surface area contributed by atoms with Crippen LogP contribution in [0.5, 0.6) is 0 Å². The summed E-state index contributed by atoms with van der Waals surface area (Å²) in [6, 6.07) is 8.15. The van der Waals surface area contributed by atoms with Crippen molar-refractivity contribution >= 4 is 39.4 Å². The normalized spacial score (nSPS) is 18.9. The van der Waals surface area contributed by atoms with Gasteiger partial charge in [-0.1, -0.05) is 28.1 Å². The molecule has 1 unspecified atom stereocenters. The van der Waals surface area contributed by atoms with E-state index in [1.807, 2.05) is 12.1 Å². The molecule has 1 aromatic heterocycles. The molecule has 0 saturated carbocycles. The number of nitrogens with one attached hydrogen (secondary N) is 2. The standard InChI is InChI=1S/C12H10BrN3OS/c13-8-3-1-7(2-4-8)11-9-5-14-16-12(9)15-10(17)6-18-11/h1-5,11H,6H2,(H2,14,15,16,17). The molecule has 18 heavy (non-hydrogen) atoms. The van der Waals surface area contributed by atoms with Crippen molar-refractivity contribution < 1.29 is 4.79 Å². The third kappa shape index (κ3) is 2.18. The maximum absolute atomic E-state index is 11.6. The average molecular weight is 324 g/mol. The molecule has 0 fully saturated rings. The summed E-state index contributed by atoms with van der Waals surface area (Å²) in [4.78, 5) is 11.6. The summed E-state index contributed by atoms with van der Waals surface area (Å²) in [5.41, 5.74) is 2.19. The molecule has 0 bridgehead atoms. The number of H-pyrrole nitrogens is 1. The van der Waals surface area contributed by atoms with Gasteiger partial charge < -0.3 is 5.32 Å². The largest absolute Gasteiger partial charge is 0.310 e. The van der Waals surface area contributed by atoms with E-state index in [9.17, 15) is 4.79 Å². The number of aromatic nitrogens is 2. The Bertz CT molecular complexity index is 581. The number of hydrogen-bond acceptors (Lipinski definition) is 3. The van der Waals surface area contributed by atoms with Crippen molar-refractivity contribution in [3.8, 4) is 0 Å². The quantitative estimate of drug-likeness (QED) is 0.848. The van der Waals surface area contributed by atoms with Gasteiger partial charge in [0.25, 0.3) is 0 Å². The first kappa shape index (κ1) is 11.8. The zero-order chi connectivity index (χ0) is 12.5. The summed E-state index contributed by atoms with van der Waals surface area (Å²) >= 11 is 5.04. The van der Waals surface area contributed by atoms with Gasteiger partial charge >= 0.3 is 0 Å². The Morgan fingerprint density at radius 1 is 1.33 bits per heavy atom. The van der Waals surface area contributed by atoms with Gasteiger partial charge in [-0.3, -0.25) is 9.89 Å². The van der Waals surface area contributed by atoms with Gasteiger partial charge in [0.05, 0.1) is 17.2 Å². The monoisotopic (exact) mass is 323 g/mol. The highest BCUT2D eigenvalue weighted by Gasteiger charge is 2.25. The van der Waals surface area contributed by atoms with E-state index in [1.165, 1.54) is 5.56 Å². The fraction of sp³-hybridized carbons (Fsp3) is 0.167. The van der Waals surface area contributed by atoms with Crippen LogP contribution in [-0.4, -0.2) is 21.9 Å². The van der Waals surface area contributed by atoms with Crippen LogP contribution in [0.1, 0.15) is 16.4 Å². The second kappa shape index (κ2) is 4.78. The Morgan fingerprint density at radius 3 is 2.89 bits per heavy atom. The van der Waals surface area contributed by atoms with Crippen molar-refractivity contribution in [1.29, 1.82) is 0 Å². The molecular weight excluding hydrogens is 314 g/mol. The van der Waals surface area contributed by atoms with Gasteiger partial charge in [0, 0.05) is 10.0 Å². The zero-order valence-corrected chi connectivity index (χ0v) is 11.7. The highest BCUT2D eigenvalue weighted by atomic mass is 79.9. The van der Waals surface area contributed by atoms with E-state index in [-0.39, 0.29) is 11.2 Å². The van der Waals surface area contributed by atoms with Crippen molar-refractivity contribution in [3.05, 3.63) is 46.1 Å². The molecule has 0 saturated heterocycles. The lowest BCUT2D eigenvalue weighted by Gasteiger charge is -2.13. The third-order valence-corrected chi connectivity index (χ3v) is 4.59. The summed E-state index contributed by atoms with van der Waals surface area (Å²) in [5, 5.41) is 9.80. The van der Waals surface area contributed by atoms with Gasteiger partial charge in [0.2, 0.25) is 5.91 Å². The predicted molar refractivity (Wildman–Crippen MR) is 75.7 cm³/mol. The number of carbonyl (C=O) groups is 1. The van der Waals surface area contributed by atoms with Gasteiger partial charge in [0.1, 0.15) is 5.82 Å². The van der Waals surface area contributed by atoms with E-state index in [1.54, 1.807) is 18.0 Å². The van der Waals surface area contributed by atoms with Gasteiger partial charge in [0.15, 0.2) is 0 Å². The number of aromatic amines is 1. The third-order valence-electron chi connectivity index (χ3n) is 2.77. The van der Waals surface area contributed by atoms with Gasteiger partial charge in [-0.15, -0.1) is 11.8 Å². The molecule has 2 aromatic rings. The van der Waals surface area contributed by atoms with E-state index in [4.69, 9.17) is 0 Å².